The maximum atomic E-state index is 12.2. The van der Waals surface area contributed by atoms with Gasteiger partial charge in [0.05, 0.1) is 17.4 Å². The van der Waals surface area contributed by atoms with Crippen LogP contribution in [0.2, 0.25) is 0 Å². The van der Waals surface area contributed by atoms with Crippen molar-refractivity contribution in [2.24, 2.45) is 5.92 Å². The summed E-state index contributed by atoms with van der Waals surface area (Å²) in [5.74, 6) is -1.59. The molecule has 0 saturated carbocycles. The van der Waals surface area contributed by atoms with Crippen LogP contribution < -0.4 is 5.32 Å². The summed E-state index contributed by atoms with van der Waals surface area (Å²) in [5, 5.41) is 11.8. The summed E-state index contributed by atoms with van der Waals surface area (Å²) in [6.07, 6.45) is 1.36. The normalized spacial score (nSPS) is 18.2. The fraction of sp³-hybridized carbons (Fsp3) is 0.500. The van der Waals surface area contributed by atoms with Crippen LogP contribution in [0.1, 0.15) is 12.8 Å². The molecule has 1 saturated heterocycles. The van der Waals surface area contributed by atoms with Gasteiger partial charge in [0.2, 0.25) is 15.9 Å². The first kappa shape index (κ1) is 22.4. The van der Waals surface area contributed by atoms with Crippen molar-refractivity contribution in [3.8, 4) is 0 Å². The molecule has 1 aliphatic heterocycles. The molecule has 1 unspecified atom stereocenters. The molecule has 0 radical (unpaired) electrons. The largest absolute Gasteiger partial charge is 0.481 e. The highest BCUT2D eigenvalue weighted by molar-refractivity contribution is 7.89. The average Bonchev–Trinajstić information content (AvgIpc) is 2.55. The zero-order chi connectivity index (χ0) is 18.6. The van der Waals surface area contributed by atoms with Crippen molar-refractivity contribution in [2.75, 3.05) is 39.0 Å². The molecule has 0 bridgehead atoms. The van der Waals surface area contributed by atoms with E-state index in [1.165, 1.54) is 26.2 Å². The molecule has 2 rings (SSSR count). The van der Waals surface area contributed by atoms with Gasteiger partial charge in [0, 0.05) is 26.3 Å². The molecule has 1 aromatic rings. The Labute approximate surface area is 159 Å². The fourth-order valence-electron chi connectivity index (χ4n) is 2.75. The Morgan fingerprint density at radius 2 is 2.04 bits per heavy atom. The number of nitrogens with zero attached hydrogens (tertiary/aromatic N) is 2. The van der Waals surface area contributed by atoms with E-state index in [-0.39, 0.29) is 29.8 Å². The second-order valence-electron chi connectivity index (χ2n) is 6.28. The second-order valence-corrected chi connectivity index (χ2v) is 8.43. The Morgan fingerprint density at radius 1 is 1.35 bits per heavy atom. The highest BCUT2D eigenvalue weighted by atomic mass is 35.5. The average molecular weight is 406 g/mol. The van der Waals surface area contributed by atoms with Gasteiger partial charge in [-0.3, -0.25) is 14.5 Å². The molecule has 0 aliphatic carbocycles. The van der Waals surface area contributed by atoms with Crippen molar-refractivity contribution in [3.63, 3.8) is 0 Å². The van der Waals surface area contributed by atoms with Crippen LogP contribution in [-0.4, -0.2) is 68.3 Å². The van der Waals surface area contributed by atoms with Gasteiger partial charge >= 0.3 is 5.97 Å². The molecular formula is C16H24ClN3O5S. The minimum Gasteiger partial charge on any atom is -0.481 e. The number of hydrogen-bond acceptors (Lipinski definition) is 5. The van der Waals surface area contributed by atoms with Crippen LogP contribution in [0.5, 0.6) is 0 Å². The molecular weight excluding hydrogens is 382 g/mol. The Balaban J connectivity index is 0.00000338. The van der Waals surface area contributed by atoms with Crippen LogP contribution in [-0.2, 0) is 19.6 Å². The van der Waals surface area contributed by atoms with Gasteiger partial charge in [-0.05, 0) is 37.6 Å². The summed E-state index contributed by atoms with van der Waals surface area (Å²) in [6.45, 7) is 1.10. The number of nitrogens with one attached hydrogen (secondary N) is 1. The minimum atomic E-state index is -3.57. The summed E-state index contributed by atoms with van der Waals surface area (Å²) in [7, 11) is -0.692. The zero-order valence-electron chi connectivity index (χ0n) is 14.7. The van der Waals surface area contributed by atoms with Gasteiger partial charge in [0.1, 0.15) is 0 Å². The molecule has 2 N–H and O–H groups in total. The highest BCUT2D eigenvalue weighted by Gasteiger charge is 2.26. The Kier molecular flexibility index (Phi) is 8.01. The first-order chi connectivity index (χ1) is 11.7. The van der Waals surface area contributed by atoms with Crippen molar-refractivity contribution >= 4 is 40.0 Å². The molecule has 0 spiro atoms. The van der Waals surface area contributed by atoms with Gasteiger partial charge in [-0.25, -0.2) is 12.7 Å². The molecule has 1 aliphatic rings. The van der Waals surface area contributed by atoms with Crippen molar-refractivity contribution in [2.45, 2.75) is 17.7 Å². The number of benzene rings is 1. The minimum absolute atomic E-state index is 0. The maximum Gasteiger partial charge on any atom is 0.307 e. The molecule has 1 aromatic carbocycles. The molecule has 1 fully saturated rings. The second kappa shape index (κ2) is 9.31. The smallest absolute Gasteiger partial charge is 0.307 e. The van der Waals surface area contributed by atoms with E-state index in [2.05, 4.69) is 5.32 Å². The summed E-state index contributed by atoms with van der Waals surface area (Å²) in [6, 6.07) is 6.05. The third-order valence-corrected chi connectivity index (χ3v) is 5.93. The van der Waals surface area contributed by atoms with E-state index in [4.69, 9.17) is 5.11 Å². The van der Waals surface area contributed by atoms with E-state index in [1.54, 1.807) is 17.0 Å². The summed E-state index contributed by atoms with van der Waals surface area (Å²) in [5.41, 5.74) is 0.389. The SMILES string of the molecule is CN(C)S(=O)(=O)c1cccc(NC(=O)CN2CCCC(C(=O)O)C2)c1.Cl. The number of anilines is 1. The third kappa shape index (κ3) is 5.66. The number of aliphatic carboxylic acids is 1. The van der Waals surface area contributed by atoms with Crippen LogP contribution >= 0.6 is 12.4 Å². The topological polar surface area (TPSA) is 107 Å². The quantitative estimate of drug-likeness (QED) is 0.733. The number of halogens is 1. The standard InChI is InChI=1S/C16H23N3O5S.ClH/c1-18(2)25(23,24)14-7-3-6-13(9-14)17-15(20)11-19-8-4-5-12(10-19)16(21)22;/h3,6-7,9,12H,4-5,8,10-11H2,1-2H3,(H,17,20)(H,21,22);1H. The van der Waals surface area contributed by atoms with Gasteiger partial charge in [-0.1, -0.05) is 6.07 Å². The van der Waals surface area contributed by atoms with Crippen LogP contribution in [0.15, 0.2) is 29.2 Å². The van der Waals surface area contributed by atoms with Gasteiger partial charge in [0.15, 0.2) is 0 Å². The lowest BCUT2D eigenvalue weighted by atomic mass is 9.98. The van der Waals surface area contributed by atoms with E-state index in [0.717, 1.165) is 10.7 Å². The number of carboxylic acids is 1. The highest BCUT2D eigenvalue weighted by Crippen LogP contribution is 2.19. The van der Waals surface area contributed by atoms with E-state index in [0.29, 0.717) is 25.2 Å². The maximum absolute atomic E-state index is 12.2. The monoisotopic (exact) mass is 405 g/mol. The lowest BCUT2D eigenvalue weighted by Crippen LogP contribution is -2.42. The van der Waals surface area contributed by atoms with Crippen LogP contribution in [0.3, 0.4) is 0 Å². The van der Waals surface area contributed by atoms with Gasteiger partial charge in [-0.15, -0.1) is 12.4 Å². The van der Waals surface area contributed by atoms with Crippen molar-refractivity contribution < 1.29 is 23.1 Å². The lowest BCUT2D eigenvalue weighted by Gasteiger charge is -2.29. The number of carboxylic acid groups (broad SMARTS) is 1. The number of carbonyl (C=O) groups is 2. The van der Waals surface area contributed by atoms with E-state index in [1.807, 2.05) is 0 Å². The molecule has 0 aromatic heterocycles. The Morgan fingerprint density at radius 3 is 2.65 bits per heavy atom. The van der Waals surface area contributed by atoms with Gasteiger partial charge in [-0.2, -0.15) is 0 Å². The number of hydrogen-bond donors (Lipinski definition) is 2. The van der Waals surface area contributed by atoms with E-state index in [9.17, 15) is 18.0 Å². The number of amides is 1. The summed E-state index contributed by atoms with van der Waals surface area (Å²) >= 11 is 0. The number of sulfonamides is 1. The van der Waals surface area contributed by atoms with Crippen molar-refractivity contribution in [1.82, 2.24) is 9.21 Å². The third-order valence-electron chi connectivity index (χ3n) is 4.12. The number of rotatable bonds is 6. The predicted octanol–water partition coefficient (Wildman–Crippen LogP) is 1.09. The number of piperidine rings is 1. The molecule has 26 heavy (non-hydrogen) atoms. The van der Waals surface area contributed by atoms with Crippen LogP contribution in [0.25, 0.3) is 0 Å². The Bertz CT molecular complexity index is 754. The number of carbonyl (C=O) groups excluding carboxylic acids is 1. The molecule has 1 heterocycles. The molecule has 10 heteroatoms. The molecule has 8 nitrogen and oxygen atoms in total. The lowest BCUT2D eigenvalue weighted by molar-refractivity contribution is -0.144. The van der Waals surface area contributed by atoms with Gasteiger partial charge < -0.3 is 10.4 Å². The number of likely N-dealkylation sites (tertiary alicyclic amines) is 1. The van der Waals surface area contributed by atoms with Crippen LogP contribution in [0.4, 0.5) is 5.69 Å². The van der Waals surface area contributed by atoms with E-state index >= 15 is 0 Å². The van der Waals surface area contributed by atoms with Gasteiger partial charge in [0.25, 0.3) is 0 Å². The Hall–Kier alpha value is -1.68. The van der Waals surface area contributed by atoms with Crippen molar-refractivity contribution in [3.05, 3.63) is 24.3 Å². The molecule has 1 atom stereocenters. The summed E-state index contributed by atoms with van der Waals surface area (Å²) in [4.78, 5) is 25.2. The summed E-state index contributed by atoms with van der Waals surface area (Å²) < 4.78 is 25.4. The predicted molar refractivity (Wildman–Crippen MR) is 100.0 cm³/mol. The first-order valence-electron chi connectivity index (χ1n) is 7.98. The van der Waals surface area contributed by atoms with E-state index < -0.39 is 21.9 Å². The molecule has 146 valence electrons. The zero-order valence-corrected chi connectivity index (χ0v) is 16.3. The van der Waals surface area contributed by atoms with Crippen LogP contribution in [0, 0.1) is 5.92 Å². The molecule has 1 amide bonds. The van der Waals surface area contributed by atoms with Crippen molar-refractivity contribution in [1.29, 1.82) is 0 Å². The fourth-order valence-corrected chi connectivity index (χ4v) is 3.70. The first-order valence-corrected chi connectivity index (χ1v) is 9.42.